The molecule has 2 heteroatoms. The lowest BCUT2D eigenvalue weighted by molar-refractivity contribution is 1.42. The molecular formula is C14H14N2. The summed E-state index contributed by atoms with van der Waals surface area (Å²) in [5.74, 6) is 0.106. The zero-order valence-electron chi connectivity index (χ0n) is 9.20. The largest absolute Gasteiger partial charge is 0.384 e. The van der Waals surface area contributed by atoms with Gasteiger partial charge < -0.3 is 5.73 Å². The zero-order valence-corrected chi connectivity index (χ0v) is 9.20. The standard InChI is InChI=1S/C14H14N2/c1-10-5-7-11(8-6-10)12-3-2-4-13(9-12)14(15)16/h2-9H,1H3,(H3,15,16). The lowest BCUT2D eigenvalue weighted by Gasteiger charge is -2.04. The van der Waals surface area contributed by atoms with Gasteiger partial charge in [0.05, 0.1) is 0 Å². The molecule has 0 unspecified atom stereocenters. The SMILES string of the molecule is Cc1ccc(-c2cccc(C(=N)N)c2)cc1. The minimum Gasteiger partial charge on any atom is -0.384 e. The number of nitrogen functional groups attached to an aromatic ring is 1. The van der Waals surface area contributed by atoms with Gasteiger partial charge in [-0.05, 0) is 24.1 Å². The molecule has 0 saturated heterocycles. The van der Waals surface area contributed by atoms with E-state index < -0.39 is 0 Å². The van der Waals surface area contributed by atoms with Crippen LogP contribution < -0.4 is 5.73 Å². The Balaban J connectivity index is 2.44. The van der Waals surface area contributed by atoms with Crippen LogP contribution in [0.25, 0.3) is 11.1 Å². The van der Waals surface area contributed by atoms with Gasteiger partial charge in [-0.15, -0.1) is 0 Å². The minimum atomic E-state index is 0.106. The van der Waals surface area contributed by atoms with Crippen molar-refractivity contribution in [3.63, 3.8) is 0 Å². The minimum absolute atomic E-state index is 0.106. The molecular weight excluding hydrogens is 196 g/mol. The van der Waals surface area contributed by atoms with Crippen molar-refractivity contribution in [1.82, 2.24) is 0 Å². The fourth-order valence-corrected chi connectivity index (χ4v) is 1.61. The summed E-state index contributed by atoms with van der Waals surface area (Å²) in [6.45, 7) is 2.07. The first-order valence-corrected chi connectivity index (χ1v) is 5.18. The summed E-state index contributed by atoms with van der Waals surface area (Å²) < 4.78 is 0. The highest BCUT2D eigenvalue weighted by molar-refractivity contribution is 5.96. The van der Waals surface area contributed by atoms with Crippen LogP contribution in [0.1, 0.15) is 11.1 Å². The fraction of sp³-hybridized carbons (Fsp3) is 0.0714. The van der Waals surface area contributed by atoms with Crippen LogP contribution in [0.2, 0.25) is 0 Å². The molecule has 16 heavy (non-hydrogen) atoms. The van der Waals surface area contributed by atoms with Crippen molar-refractivity contribution in [2.75, 3.05) is 0 Å². The first-order valence-electron chi connectivity index (χ1n) is 5.18. The predicted octanol–water partition coefficient (Wildman–Crippen LogP) is 2.95. The summed E-state index contributed by atoms with van der Waals surface area (Å²) in [5.41, 5.74) is 9.71. The van der Waals surface area contributed by atoms with Crippen molar-refractivity contribution in [3.8, 4) is 11.1 Å². The van der Waals surface area contributed by atoms with Crippen LogP contribution in [-0.2, 0) is 0 Å². The lowest BCUT2D eigenvalue weighted by Crippen LogP contribution is -2.10. The van der Waals surface area contributed by atoms with Crippen molar-refractivity contribution in [2.45, 2.75) is 6.92 Å². The van der Waals surface area contributed by atoms with E-state index in [4.69, 9.17) is 11.1 Å². The zero-order chi connectivity index (χ0) is 11.5. The third-order valence-electron chi connectivity index (χ3n) is 2.56. The number of hydrogen-bond acceptors (Lipinski definition) is 1. The van der Waals surface area contributed by atoms with Gasteiger partial charge >= 0.3 is 0 Å². The van der Waals surface area contributed by atoms with Crippen LogP contribution in [0.5, 0.6) is 0 Å². The topological polar surface area (TPSA) is 49.9 Å². The number of rotatable bonds is 2. The molecule has 0 aliphatic rings. The Morgan fingerprint density at radius 3 is 2.31 bits per heavy atom. The van der Waals surface area contributed by atoms with Gasteiger partial charge in [0.25, 0.3) is 0 Å². The Hall–Kier alpha value is -2.09. The summed E-state index contributed by atoms with van der Waals surface area (Å²) in [5, 5.41) is 7.41. The maximum atomic E-state index is 7.41. The Bertz CT molecular complexity index is 513. The van der Waals surface area contributed by atoms with Crippen molar-refractivity contribution < 1.29 is 0 Å². The molecule has 0 aliphatic heterocycles. The van der Waals surface area contributed by atoms with E-state index in [-0.39, 0.29) is 5.84 Å². The molecule has 2 nitrogen and oxygen atoms in total. The first-order chi connectivity index (χ1) is 7.66. The first kappa shape index (κ1) is 10.4. The summed E-state index contributed by atoms with van der Waals surface area (Å²) in [4.78, 5) is 0. The highest BCUT2D eigenvalue weighted by Crippen LogP contribution is 2.20. The van der Waals surface area contributed by atoms with E-state index in [0.29, 0.717) is 0 Å². The highest BCUT2D eigenvalue weighted by atomic mass is 14.7. The molecule has 0 heterocycles. The molecule has 2 rings (SSSR count). The maximum Gasteiger partial charge on any atom is 0.122 e. The van der Waals surface area contributed by atoms with Gasteiger partial charge in [-0.1, -0.05) is 48.0 Å². The van der Waals surface area contributed by atoms with E-state index in [2.05, 4.69) is 31.2 Å². The highest BCUT2D eigenvalue weighted by Gasteiger charge is 2.00. The number of nitrogens with two attached hydrogens (primary N) is 1. The number of amidine groups is 1. The fourth-order valence-electron chi connectivity index (χ4n) is 1.61. The summed E-state index contributed by atoms with van der Waals surface area (Å²) in [6.07, 6.45) is 0. The average molecular weight is 210 g/mol. The van der Waals surface area contributed by atoms with E-state index in [1.165, 1.54) is 5.56 Å². The average Bonchev–Trinajstić information content (AvgIpc) is 2.30. The van der Waals surface area contributed by atoms with E-state index in [9.17, 15) is 0 Å². The molecule has 0 bridgehead atoms. The second-order valence-corrected chi connectivity index (χ2v) is 3.86. The molecule has 0 fully saturated rings. The second-order valence-electron chi connectivity index (χ2n) is 3.86. The van der Waals surface area contributed by atoms with Crippen molar-refractivity contribution in [3.05, 3.63) is 59.7 Å². The quantitative estimate of drug-likeness (QED) is 0.581. The predicted molar refractivity (Wildman–Crippen MR) is 67.6 cm³/mol. The molecule has 2 aromatic carbocycles. The summed E-state index contributed by atoms with van der Waals surface area (Å²) >= 11 is 0. The third kappa shape index (κ3) is 2.11. The Morgan fingerprint density at radius 2 is 1.69 bits per heavy atom. The number of hydrogen-bond donors (Lipinski definition) is 2. The van der Waals surface area contributed by atoms with Crippen molar-refractivity contribution >= 4 is 5.84 Å². The van der Waals surface area contributed by atoms with Crippen molar-refractivity contribution in [1.29, 1.82) is 5.41 Å². The van der Waals surface area contributed by atoms with Gasteiger partial charge in [0, 0.05) is 5.56 Å². The smallest absolute Gasteiger partial charge is 0.122 e. The molecule has 0 aliphatic carbocycles. The van der Waals surface area contributed by atoms with E-state index in [1.54, 1.807) is 0 Å². The van der Waals surface area contributed by atoms with Gasteiger partial charge in [0.15, 0.2) is 0 Å². The third-order valence-corrected chi connectivity index (χ3v) is 2.56. The summed E-state index contributed by atoms with van der Waals surface area (Å²) in [6, 6.07) is 16.0. The van der Waals surface area contributed by atoms with Crippen molar-refractivity contribution in [2.24, 2.45) is 5.73 Å². The van der Waals surface area contributed by atoms with Gasteiger partial charge in [0.1, 0.15) is 5.84 Å². The van der Waals surface area contributed by atoms with Crippen LogP contribution in [0.3, 0.4) is 0 Å². The number of nitrogens with one attached hydrogen (secondary N) is 1. The number of benzene rings is 2. The Labute approximate surface area is 95.2 Å². The van der Waals surface area contributed by atoms with E-state index in [1.807, 2.05) is 24.3 Å². The van der Waals surface area contributed by atoms with Crippen LogP contribution in [0.4, 0.5) is 0 Å². The summed E-state index contributed by atoms with van der Waals surface area (Å²) in [7, 11) is 0. The molecule has 0 spiro atoms. The lowest BCUT2D eigenvalue weighted by atomic mass is 10.0. The molecule has 2 aromatic rings. The number of aryl methyl sites for hydroxylation is 1. The second kappa shape index (κ2) is 4.19. The molecule has 3 N–H and O–H groups in total. The van der Waals surface area contributed by atoms with Gasteiger partial charge in [-0.3, -0.25) is 5.41 Å². The normalized spacial score (nSPS) is 10.1. The maximum absolute atomic E-state index is 7.41. The van der Waals surface area contributed by atoms with Gasteiger partial charge in [0.2, 0.25) is 0 Å². The van der Waals surface area contributed by atoms with E-state index >= 15 is 0 Å². The molecule has 0 atom stereocenters. The molecule has 0 amide bonds. The van der Waals surface area contributed by atoms with Crippen LogP contribution in [-0.4, -0.2) is 5.84 Å². The molecule has 0 saturated carbocycles. The van der Waals surface area contributed by atoms with Crippen LogP contribution in [0, 0.1) is 12.3 Å². The Morgan fingerprint density at radius 1 is 1.00 bits per heavy atom. The Kier molecular flexibility index (Phi) is 2.73. The van der Waals surface area contributed by atoms with Gasteiger partial charge in [-0.2, -0.15) is 0 Å². The molecule has 0 radical (unpaired) electrons. The van der Waals surface area contributed by atoms with Crippen LogP contribution in [0.15, 0.2) is 48.5 Å². The van der Waals surface area contributed by atoms with E-state index in [0.717, 1.165) is 16.7 Å². The monoisotopic (exact) mass is 210 g/mol. The van der Waals surface area contributed by atoms with Crippen LogP contribution >= 0.6 is 0 Å². The van der Waals surface area contributed by atoms with Gasteiger partial charge in [-0.25, -0.2) is 0 Å². The molecule has 0 aromatic heterocycles. The molecule has 80 valence electrons.